The number of hydrogen-bond acceptors (Lipinski definition) is 8. The summed E-state index contributed by atoms with van der Waals surface area (Å²) in [5.74, 6) is -1.42. The number of hydrogen-bond donors (Lipinski definition) is 4. The first kappa shape index (κ1) is 19.3. The standard InChI is InChI=1S/C19H20N4O5/c1-9-17(26)11(8-24)14-16(18(9)27)22-13-10(4-5-12(25)15(13)21-14)19(28)20-6-7-23(2)3/h4-5,8,25-27H,6-7H2,1-3H3,(H,20,28). The molecule has 1 aromatic heterocycles. The lowest BCUT2D eigenvalue weighted by Crippen LogP contribution is -2.31. The molecule has 0 aliphatic rings. The van der Waals surface area contributed by atoms with E-state index >= 15 is 0 Å². The molecule has 0 aliphatic heterocycles. The molecule has 0 spiro atoms. The zero-order valence-electron chi connectivity index (χ0n) is 15.6. The van der Waals surface area contributed by atoms with E-state index in [1.807, 2.05) is 19.0 Å². The number of nitrogens with zero attached hydrogens (tertiary/aromatic N) is 3. The van der Waals surface area contributed by atoms with Gasteiger partial charge in [-0.3, -0.25) is 9.59 Å². The largest absolute Gasteiger partial charge is 0.507 e. The van der Waals surface area contributed by atoms with Gasteiger partial charge in [0.15, 0.2) is 6.29 Å². The van der Waals surface area contributed by atoms with Crippen LogP contribution in [0.4, 0.5) is 0 Å². The second-order valence-electron chi connectivity index (χ2n) is 6.66. The van der Waals surface area contributed by atoms with Crippen molar-refractivity contribution in [3.05, 3.63) is 28.8 Å². The Hall–Kier alpha value is -3.46. The van der Waals surface area contributed by atoms with Gasteiger partial charge in [0, 0.05) is 18.7 Å². The molecule has 1 heterocycles. The van der Waals surface area contributed by atoms with Crippen molar-refractivity contribution in [3.63, 3.8) is 0 Å². The highest BCUT2D eigenvalue weighted by Crippen LogP contribution is 2.38. The summed E-state index contributed by atoms with van der Waals surface area (Å²) in [5.41, 5.74) is 0.0334. The molecule has 0 atom stereocenters. The number of aromatic nitrogens is 2. The first-order valence-electron chi connectivity index (χ1n) is 8.52. The summed E-state index contributed by atoms with van der Waals surface area (Å²) in [4.78, 5) is 34.4. The van der Waals surface area contributed by atoms with Crippen molar-refractivity contribution in [1.82, 2.24) is 20.2 Å². The normalized spacial score (nSPS) is 11.3. The molecule has 0 saturated heterocycles. The molecule has 0 aliphatic carbocycles. The van der Waals surface area contributed by atoms with E-state index in [1.165, 1.54) is 19.1 Å². The van der Waals surface area contributed by atoms with E-state index in [1.54, 1.807) is 0 Å². The minimum Gasteiger partial charge on any atom is -0.507 e. The van der Waals surface area contributed by atoms with Crippen molar-refractivity contribution in [2.24, 2.45) is 0 Å². The molecule has 0 unspecified atom stereocenters. The second kappa shape index (κ2) is 7.28. The number of carbonyl (C=O) groups excluding carboxylic acids is 2. The molecular formula is C19H20N4O5. The smallest absolute Gasteiger partial charge is 0.253 e. The third-order valence-electron chi connectivity index (χ3n) is 4.45. The summed E-state index contributed by atoms with van der Waals surface area (Å²) in [5, 5.41) is 33.4. The first-order chi connectivity index (χ1) is 13.3. The monoisotopic (exact) mass is 384 g/mol. The summed E-state index contributed by atoms with van der Waals surface area (Å²) in [7, 11) is 3.76. The zero-order chi connectivity index (χ0) is 20.6. The number of aldehydes is 1. The number of carbonyl (C=O) groups is 2. The van der Waals surface area contributed by atoms with Crippen molar-refractivity contribution in [1.29, 1.82) is 0 Å². The van der Waals surface area contributed by atoms with E-state index in [9.17, 15) is 24.9 Å². The molecule has 0 bridgehead atoms. The molecule has 0 saturated carbocycles. The fourth-order valence-corrected chi connectivity index (χ4v) is 2.86. The number of aromatic hydroxyl groups is 3. The van der Waals surface area contributed by atoms with E-state index in [0.717, 1.165) is 0 Å². The Morgan fingerprint density at radius 3 is 2.39 bits per heavy atom. The van der Waals surface area contributed by atoms with Gasteiger partial charge in [0.1, 0.15) is 39.3 Å². The van der Waals surface area contributed by atoms with Gasteiger partial charge in [-0.25, -0.2) is 9.97 Å². The van der Waals surface area contributed by atoms with Crippen molar-refractivity contribution in [3.8, 4) is 17.2 Å². The lowest BCUT2D eigenvalue weighted by molar-refractivity contribution is 0.0952. The highest BCUT2D eigenvalue weighted by molar-refractivity contribution is 6.09. The van der Waals surface area contributed by atoms with E-state index in [-0.39, 0.29) is 50.3 Å². The molecule has 9 heteroatoms. The van der Waals surface area contributed by atoms with Gasteiger partial charge in [0.05, 0.1) is 11.1 Å². The molecule has 4 N–H and O–H groups in total. The molecule has 146 valence electrons. The predicted octanol–water partition coefficient (Wildman–Crippen LogP) is 1.31. The van der Waals surface area contributed by atoms with Crippen LogP contribution in [-0.2, 0) is 0 Å². The SMILES string of the molecule is Cc1c(O)c(C=O)c2nc3c(O)ccc(C(=O)NCCN(C)C)c3nc2c1O. The highest BCUT2D eigenvalue weighted by Gasteiger charge is 2.22. The Balaban J connectivity index is 2.25. The number of phenols is 3. The van der Waals surface area contributed by atoms with Crippen LogP contribution in [0.15, 0.2) is 12.1 Å². The number of fused-ring (bicyclic) bond motifs is 2. The van der Waals surface area contributed by atoms with Crippen LogP contribution in [-0.4, -0.2) is 69.6 Å². The Kier molecular flexibility index (Phi) is 5.02. The van der Waals surface area contributed by atoms with Gasteiger partial charge in [0.2, 0.25) is 0 Å². The molecule has 3 rings (SSSR count). The number of phenolic OH excluding ortho intramolecular Hbond substituents is 3. The number of likely N-dealkylation sites (N-methyl/N-ethyl adjacent to an activating group) is 1. The van der Waals surface area contributed by atoms with Gasteiger partial charge in [-0.1, -0.05) is 0 Å². The van der Waals surface area contributed by atoms with Crippen LogP contribution in [0.25, 0.3) is 22.1 Å². The quantitative estimate of drug-likeness (QED) is 0.382. The molecule has 0 fully saturated rings. The van der Waals surface area contributed by atoms with Gasteiger partial charge >= 0.3 is 0 Å². The van der Waals surface area contributed by atoms with Crippen LogP contribution in [0.3, 0.4) is 0 Å². The molecule has 1 amide bonds. The summed E-state index contributed by atoms with van der Waals surface area (Å²) in [6.07, 6.45) is 0.402. The fraction of sp³-hybridized carbons (Fsp3) is 0.263. The van der Waals surface area contributed by atoms with Crippen molar-refractivity contribution >= 4 is 34.3 Å². The maximum absolute atomic E-state index is 12.6. The number of benzene rings is 2. The van der Waals surface area contributed by atoms with Gasteiger partial charge in [0.25, 0.3) is 5.91 Å². The molecule has 28 heavy (non-hydrogen) atoms. The Labute approximate surface area is 160 Å². The van der Waals surface area contributed by atoms with Crippen LogP contribution < -0.4 is 5.32 Å². The van der Waals surface area contributed by atoms with Crippen LogP contribution in [0.2, 0.25) is 0 Å². The van der Waals surface area contributed by atoms with Crippen molar-refractivity contribution in [2.75, 3.05) is 27.2 Å². The van der Waals surface area contributed by atoms with E-state index in [2.05, 4.69) is 15.3 Å². The Morgan fingerprint density at radius 1 is 1.07 bits per heavy atom. The molecule has 2 aromatic carbocycles. The summed E-state index contributed by atoms with van der Waals surface area (Å²) < 4.78 is 0. The summed E-state index contributed by atoms with van der Waals surface area (Å²) >= 11 is 0. The number of amides is 1. The topological polar surface area (TPSA) is 136 Å². The van der Waals surface area contributed by atoms with Crippen LogP contribution in [0.5, 0.6) is 17.2 Å². The van der Waals surface area contributed by atoms with Gasteiger partial charge in [-0.05, 0) is 33.2 Å². The third kappa shape index (κ3) is 3.16. The summed E-state index contributed by atoms with van der Waals surface area (Å²) in [6.45, 7) is 2.47. The van der Waals surface area contributed by atoms with E-state index < -0.39 is 11.7 Å². The predicted molar refractivity (Wildman–Crippen MR) is 103 cm³/mol. The average Bonchev–Trinajstić information content (AvgIpc) is 2.66. The number of nitrogens with one attached hydrogen (secondary N) is 1. The van der Waals surface area contributed by atoms with Crippen molar-refractivity contribution in [2.45, 2.75) is 6.92 Å². The average molecular weight is 384 g/mol. The highest BCUT2D eigenvalue weighted by atomic mass is 16.3. The van der Waals surface area contributed by atoms with Gasteiger partial charge < -0.3 is 25.5 Å². The fourth-order valence-electron chi connectivity index (χ4n) is 2.86. The second-order valence-corrected chi connectivity index (χ2v) is 6.66. The van der Waals surface area contributed by atoms with Crippen LogP contribution in [0, 0.1) is 6.92 Å². The molecule has 3 aromatic rings. The minimum atomic E-state index is -0.411. The number of rotatable bonds is 5. The molecular weight excluding hydrogens is 364 g/mol. The van der Waals surface area contributed by atoms with E-state index in [4.69, 9.17) is 0 Å². The van der Waals surface area contributed by atoms with E-state index in [0.29, 0.717) is 19.4 Å². The third-order valence-corrected chi connectivity index (χ3v) is 4.45. The maximum atomic E-state index is 12.6. The molecule has 9 nitrogen and oxygen atoms in total. The van der Waals surface area contributed by atoms with Gasteiger partial charge in [-0.15, -0.1) is 0 Å². The lowest BCUT2D eigenvalue weighted by atomic mass is 10.0. The zero-order valence-corrected chi connectivity index (χ0v) is 15.6. The van der Waals surface area contributed by atoms with Crippen LogP contribution in [0.1, 0.15) is 26.3 Å². The molecule has 0 radical (unpaired) electrons. The first-order valence-corrected chi connectivity index (χ1v) is 8.52. The maximum Gasteiger partial charge on any atom is 0.253 e. The van der Waals surface area contributed by atoms with Crippen molar-refractivity contribution < 1.29 is 24.9 Å². The summed E-state index contributed by atoms with van der Waals surface area (Å²) in [6, 6.07) is 2.71. The Bertz CT molecular complexity index is 1110. The minimum absolute atomic E-state index is 0.0153. The Morgan fingerprint density at radius 2 is 1.75 bits per heavy atom. The van der Waals surface area contributed by atoms with Crippen LogP contribution >= 0.6 is 0 Å². The van der Waals surface area contributed by atoms with Gasteiger partial charge in [-0.2, -0.15) is 0 Å². The lowest BCUT2D eigenvalue weighted by Gasteiger charge is -2.13.